The van der Waals surface area contributed by atoms with Crippen LogP contribution in [0.15, 0.2) is 0 Å². The van der Waals surface area contributed by atoms with Crippen molar-refractivity contribution in [3.8, 4) is 0 Å². The minimum Gasteiger partial charge on any atom is -0.378 e. The predicted octanol–water partition coefficient (Wildman–Crippen LogP) is 4.67. The monoisotopic (exact) mass is 269 g/mol. The van der Waals surface area contributed by atoms with E-state index in [-0.39, 0.29) is 0 Å². The average Bonchev–Trinajstić information content (AvgIpc) is 2.93. The fraction of sp³-hybridized carbons (Fsp3) is 1.00. The molecule has 1 saturated heterocycles. The predicted molar refractivity (Wildman–Crippen MR) is 83.7 cm³/mol. The van der Waals surface area contributed by atoms with E-state index in [4.69, 9.17) is 4.74 Å². The Bertz CT molecular complexity index is 190. The zero-order chi connectivity index (χ0) is 13.8. The van der Waals surface area contributed by atoms with E-state index in [2.05, 4.69) is 19.2 Å². The van der Waals surface area contributed by atoms with E-state index < -0.39 is 0 Å². The summed E-state index contributed by atoms with van der Waals surface area (Å²) < 4.78 is 5.71. The van der Waals surface area contributed by atoms with E-state index in [9.17, 15) is 0 Å². The van der Waals surface area contributed by atoms with Gasteiger partial charge in [-0.3, -0.25) is 0 Å². The first-order valence-electron chi connectivity index (χ1n) is 8.71. The van der Waals surface area contributed by atoms with Crippen molar-refractivity contribution in [2.24, 2.45) is 0 Å². The van der Waals surface area contributed by atoms with Crippen LogP contribution in [0.1, 0.15) is 84.5 Å². The first kappa shape index (κ1) is 17.0. The average molecular weight is 269 g/mol. The second-order valence-corrected chi connectivity index (χ2v) is 6.07. The highest BCUT2D eigenvalue weighted by atomic mass is 16.5. The topological polar surface area (TPSA) is 21.3 Å². The third kappa shape index (κ3) is 8.65. The Morgan fingerprint density at radius 1 is 1.05 bits per heavy atom. The molecule has 1 aliphatic heterocycles. The van der Waals surface area contributed by atoms with E-state index in [1.165, 1.54) is 77.2 Å². The maximum Gasteiger partial charge on any atom is 0.0576 e. The van der Waals surface area contributed by atoms with Crippen molar-refractivity contribution >= 4 is 0 Å². The molecule has 1 heterocycles. The van der Waals surface area contributed by atoms with Gasteiger partial charge >= 0.3 is 0 Å². The minimum absolute atomic E-state index is 0.576. The molecule has 114 valence electrons. The van der Waals surface area contributed by atoms with Gasteiger partial charge in [-0.1, -0.05) is 39.5 Å². The highest BCUT2D eigenvalue weighted by molar-refractivity contribution is 4.70. The Labute approximate surface area is 120 Å². The summed E-state index contributed by atoms with van der Waals surface area (Å²) in [6.45, 7) is 6.72. The third-order valence-corrected chi connectivity index (χ3v) is 4.19. The maximum absolute atomic E-state index is 5.71. The summed E-state index contributed by atoms with van der Waals surface area (Å²) in [5.74, 6) is 0. The number of hydrogen-bond acceptors (Lipinski definition) is 2. The van der Waals surface area contributed by atoms with Gasteiger partial charge in [0.05, 0.1) is 6.10 Å². The largest absolute Gasteiger partial charge is 0.378 e. The molecular formula is C17H35NO. The molecule has 0 bridgehead atoms. The van der Waals surface area contributed by atoms with Crippen molar-refractivity contribution in [1.29, 1.82) is 0 Å². The van der Waals surface area contributed by atoms with Crippen LogP contribution in [0.25, 0.3) is 0 Å². The van der Waals surface area contributed by atoms with E-state index in [1.807, 2.05) is 0 Å². The van der Waals surface area contributed by atoms with Crippen molar-refractivity contribution in [3.63, 3.8) is 0 Å². The van der Waals surface area contributed by atoms with Gasteiger partial charge in [-0.05, 0) is 51.5 Å². The molecule has 0 aromatic heterocycles. The van der Waals surface area contributed by atoms with E-state index >= 15 is 0 Å². The molecule has 1 rings (SSSR count). The lowest BCUT2D eigenvalue weighted by Crippen LogP contribution is -2.30. The lowest BCUT2D eigenvalue weighted by Gasteiger charge is -2.19. The van der Waals surface area contributed by atoms with Crippen LogP contribution in [-0.2, 0) is 4.74 Å². The summed E-state index contributed by atoms with van der Waals surface area (Å²) in [6, 6.07) is 0.748. The number of ether oxygens (including phenoxy) is 1. The Morgan fingerprint density at radius 2 is 1.89 bits per heavy atom. The van der Waals surface area contributed by atoms with Gasteiger partial charge in [0.2, 0.25) is 0 Å². The van der Waals surface area contributed by atoms with Crippen LogP contribution >= 0.6 is 0 Å². The zero-order valence-corrected chi connectivity index (χ0v) is 13.3. The lowest BCUT2D eigenvalue weighted by molar-refractivity contribution is 0.101. The van der Waals surface area contributed by atoms with Gasteiger partial charge in [-0.25, -0.2) is 0 Å². The van der Waals surface area contributed by atoms with Crippen molar-refractivity contribution in [2.75, 3.05) is 13.2 Å². The Morgan fingerprint density at radius 3 is 2.58 bits per heavy atom. The van der Waals surface area contributed by atoms with Crippen molar-refractivity contribution in [3.05, 3.63) is 0 Å². The number of rotatable bonds is 12. The van der Waals surface area contributed by atoms with Gasteiger partial charge < -0.3 is 10.1 Å². The first-order chi connectivity index (χ1) is 9.36. The molecule has 1 fully saturated rings. The Hall–Kier alpha value is -0.0800. The van der Waals surface area contributed by atoms with Crippen LogP contribution in [0.2, 0.25) is 0 Å². The molecular weight excluding hydrogens is 234 g/mol. The highest BCUT2D eigenvalue weighted by Gasteiger charge is 2.16. The maximum atomic E-state index is 5.71. The fourth-order valence-corrected chi connectivity index (χ4v) is 2.98. The summed E-state index contributed by atoms with van der Waals surface area (Å²) >= 11 is 0. The molecule has 0 spiro atoms. The number of unbranched alkanes of at least 4 members (excludes halogenated alkanes) is 3. The smallest absolute Gasteiger partial charge is 0.0576 e. The van der Waals surface area contributed by atoms with Gasteiger partial charge in [0.15, 0.2) is 0 Å². The molecule has 2 heteroatoms. The van der Waals surface area contributed by atoms with Gasteiger partial charge in [0.25, 0.3) is 0 Å². The molecule has 0 radical (unpaired) electrons. The number of nitrogens with one attached hydrogen (secondary N) is 1. The van der Waals surface area contributed by atoms with Crippen molar-refractivity contribution in [1.82, 2.24) is 5.32 Å². The van der Waals surface area contributed by atoms with Crippen molar-refractivity contribution < 1.29 is 4.74 Å². The summed E-state index contributed by atoms with van der Waals surface area (Å²) in [7, 11) is 0. The summed E-state index contributed by atoms with van der Waals surface area (Å²) in [5.41, 5.74) is 0. The molecule has 19 heavy (non-hydrogen) atoms. The van der Waals surface area contributed by atoms with Crippen LogP contribution in [0, 0.1) is 0 Å². The van der Waals surface area contributed by atoms with E-state index in [0.29, 0.717) is 6.10 Å². The SMILES string of the molecule is CCCCCCC(CCCC1CCCO1)NCCC. The molecule has 1 N–H and O–H groups in total. The second-order valence-electron chi connectivity index (χ2n) is 6.07. The molecule has 0 amide bonds. The second kappa shape index (κ2) is 11.7. The summed E-state index contributed by atoms with van der Waals surface area (Å²) in [6.07, 6.45) is 15.3. The van der Waals surface area contributed by atoms with Crippen LogP contribution < -0.4 is 5.32 Å². The number of hydrogen-bond donors (Lipinski definition) is 1. The fourth-order valence-electron chi connectivity index (χ4n) is 2.98. The zero-order valence-electron chi connectivity index (χ0n) is 13.3. The molecule has 2 atom stereocenters. The standard InChI is InChI=1S/C17H35NO/c1-3-5-6-7-10-16(18-14-4-2)11-8-12-17-13-9-15-19-17/h16-18H,3-15H2,1-2H3. The molecule has 0 saturated carbocycles. The van der Waals surface area contributed by atoms with Crippen LogP contribution in [0.5, 0.6) is 0 Å². The molecule has 2 unspecified atom stereocenters. The van der Waals surface area contributed by atoms with Gasteiger partial charge in [-0.2, -0.15) is 0 Å². The van der Waals surface area contributed by atoms with Crippen molar-refractivity contribution in [2.45, 2.75) is 96.6 Å². The molecule has 1 aliphatic rings. The van der Waals surface area contributed by atoms with E-state index in [0.717, 1.165) is 12.6 Å². The van der Waals surface area contributed by atoms with Crippen LogP contribution in [0.3, 0.4) is 0 Å². The molecule has 0 aromatic carbocycles. The Kier molecular flexibility index (Phi) is 10.5. The molecule has 0 aliphatic carbocycles. The van der Waals surface area contributed by atoms with Gasteiger partial charge in [0, 0.05) is 12.6 Å². The van der Waals surface area contributed by atoms with Gasteiger partial charge in [0.1, 0.15) is 0 Å². The first-order valence-corrected chi connectivity index (χ1v) is 8.71. The lowest BCUT2D eigenvalue weighted by atomic mass is 10.00. The third-order valence-electron chi connectivity index (χ3n) is 4.19. The Balaban J connectivity index is 2.08. The summed E-state index contributed by atoms with van der Waals surface area (Å²) in [5, 5.41) is 3.73. The van der Waals surface area contributed by atoms with Gasteiger partial charge in [-0.15, -0.1) is 0 Å². The minimum atomic E-state index is 0.576. The quantitative estimate of drug-likeness (QED) is 0.520. The summed E-state index contributed by atoms with van der Waals surface area (Å²) in [4.78, 5) is 0. The molecule has 0 aromatic rings. The molecule has 2 nitrogen and oxygen atoms in total. The van der Waals surface area contributed by atoms with Crippen LogP contribution in [-0.4, -0.2) is 25.3 Å². The highest BCUT2D eigenvalue weighted by Crippen LogP contribution is 2.19. The normalized spacial score (nSPS) is 20.8. The van der Waals surface area contributed by atoms with E-state index in [1.54, 1.807) is 0 Å². The van der Waals surface area contributed by atoms with Crippen LogP contribution in [0.4, 0.5) is 0 Å².